The summed E-state index contributed by atoms with van der Waals surface area (Å²) in [5, 5.41) is 0.793. The van der Waals surface area contributed by atoms with E-state index in [9.17, 15) is 0 Å². The molecule has 1 rings (SSSR count). The summed E-state index contributed by atoms with van der Waals surface area (Å²) in [7, 11) is 0. The highest BCUT2D eigenvalue weighted by Gasteiger charge is 2.11. The van der Waals surface area contributed by atoms with Crippen LogP contribution in [0.25, 0.3) is 0 Å². The third kappa shape index (κ3) is 5.07. The fourth-order valence-electron chi connectivity index (χ4n) is 2.02. The average molecular weight is 255 g/mol. The minimum Gasteiger partial charge on any atom is -0.330 e. The first-order chi connectivity index (χ1) is 8.19. The monoisotopic (exact) mass is 254 g/mol. The molecule has 0 aliphatic carbocycles. The van der Waals surface area contributed by atoms with E-state index in [1.54, 1.807) is 0 Å². The van der Waals surface area contributed by atoms with Crippen LogP contribution in [-0.2, 0) is 6.42 Å². The van der Waals surface area contributed by atoms with Gasteiger partial charge in [0.05, 0.1) is 0 Å². The van der Waals surface area contributed by atoms with Crippen molar-refractivity contribution in [3.63, 3.8) is 0 Å². The molecule has 0 amide bonds. The lowest BCUT2D eigenvalue weighted by atomic mass is 9.99. The zero-order valence-corrected chi connectivity index (χ0v) is 11.6. The normalized spacial score (nSPS) is 13.0. The predicted octanol–water partition coefficient (Wildman–Crippen LogP) is 2.80. The van der Waals surface area contributed by atoms with Crippen LogP contribution in [0.5, 0.6) is 0 Å². The van der Waals surface area contributed by atoms with Gasteiger partial charge in [0.1, 0.15) is 0 Å². The van der Waals surface area contributed by atoms with Crippen molar-refractivity contribution in [3.8, 4) is 0 Å². The van der Waals surface area contributed by atoms with Crippen LogP contribution in [0.2, 0.25) is 5.02 Å². The van der Waals surface area contributed by atoms with E-state index >= 15 is 0 Å². The quantitative estimate of drug-likeness (QED) is 0.811. The Morgan fingerprint density at radius 1 is 1.18 bits per heavy atom. The van der Waals surface area contributed by atoms with Crippen LogP contribution in [0.3, 0.4) is 0 Å². The molecule has 1 aromatic carbocycles. The lowest BCUT2D eigenvalue weighted by molar-refractivity contribution is 0.254. The lowest BCUT2D eigenvalue weighted by Crippen LogP contribution is -2.33. The van der Waals surface area contributed by atoms with E-state index in [0.29, 0.717) is 5.92 Å². The van der Waals surface area contributed by atoms with Crippen molar-refractivity contribution in [2.45, 2.75) is 20.3 Å². The fraction of sp³-hybridized carbons (Fsp3) is 0.571. The second-order valence-electron chi connectivity index (χ2n) is 4.42. The Morgan fingerprint density at radius 2 is 1.76 bits per heavy atom. The van der Waals surface area contributed by atoms with Crippen LogP contribution in [0.15, 0.2) is 24.3 Å². The molecule has 1 atom stereocenters. The molecule has 3 heteroatoms. The first-order valence-corrected chi connectivity index (χ1v) is 6.74. The molecule has 0 fully saturated rings. The number of nitrogens with zero attached hydrogens (tertiary/aromatic N) is 1. The van der Waals surface area contributed by atoms with E-state index in [1.807, 2.05) is 12.1 Å². The highest BCUT2D eigenvalue weighted by atomic mass is 35.5. The summed E-state index contributed by atoms with van der Waals surface area (Å²) in [4.78, 5) is 2.42. The van der Waals surface area contributed by atoms with Gasteiger partial charge in [-0.3, -0.25) is 0 Å². The summed E-state index contributed by atoms with van der Waals surface area (Å²) >= 11 is 5.88. The van der Waals surface area contributed by atoms with Gasteiger partial charge in [-0.2, -0.15) is 0 Å². The van der Waals surface area contributed by atoms with E-state index in [1.165, 1.54) is 5.56 Å². The van der Waals surface area contributed by atoms with Crippen molar-refractivity contribution in [3.05, 3.63) is 34.9 Å². The van der Waals surface area contributed by atoms with Crippen molar-refractivity contribution in [1.29, 1.82) is 0 Å². The van der Waals surface area contributed by atoms with E-state index in [2.05, 4.69) is 30.9 Å². The van der Waals surface area contributed by atoms with Crippen molar-refractivity contribution in [2.24, 2.45) is 11.7 Å². The molecule has 0 aromatic heterocycles. The van der Waals surface area contributed by atoms with Crippen molar-refractivity contribution < 1.29 is 0 Å². The van der Waals surface area contributed by atoms with Gasteiger partial charge in [-0.15, -0.1) is 0 Å². The summed E-state index contributed by atoms with van der Waals surface area (Å²) in [6.07, 6.45) is 1.03. The van der Waals surface area contributed by atoms with Gasteiger partial charge >= 0.3 is 0 Å². The van der Waals surface area contributed by atoms with Crippen LogP contribution < -0.4 is 5.73 Å². The molecule has 1 aromatic rings. The van der Waals surface area contributed by atoms with Gasteiger partial charge in [0, 0.05) is 11.6 Å². The molecule has 2 nitrogen and oxygen atoms in total. The predicted molar refractivity (Wildman–Crippen MR) is 75.5 cm³/mol. The van der Waals surface area contributed by atoms with Crippen molar-refractivity contribution in [1.82, 2.24) is 4.90 Å². The Kier molecular flexibility index (Phi) is 6.56. The van der Waals surface area contributed by atoms with Gasteiger partial charge in [-0.1, -0.05) is 37.6 Å². The number of benzene rings is 1. The van der Waals surface area contributed by atoms with Gasteiger partial charge in [0.25, 0.3) is 0 Å². The first kappa shape index (κ1) is 14.5. The molecule has 1 unspecified atom stereocenters. The zero-order valence-electron chi connectivity index (χ0n) is 10.8. The number of rotatable bonds is 7. The summed E-state index contributed by atoms with van der Waals surface area (Å²) in [6.45, 7) is 8.38. The molecule has 0 aliphatic heterocycles. The number of halogens is 1. The molecule has 0 saturated heterocycles. The SMILES string of the molecule is CCN(CC)CC(CN)Cc1ccc(Cl)cc1. The summed E-state index contributed by atoms with van der Waals surface area (Å²) in [5.74, 6) is 0.524. The number of nitrogens with two attached hydrogens (primary N) is 1. The molecule has 0 radical (unpaired) electrons. The molecule has 0 spiro atoms. The average Bonchev–Trinajstić information content (AvgIpc) is 2.37. The zero-order chi connectivity index (χ0) is 12.7. The molecule has 96 valence electrons. The Morgan fingerprint density at radius 3 is 2.24 bits per heavy atom. The van der Waals surface area contributed by atoms with Gasteiger partial charge in [-0.25, -0.2) is 0 Å². The van der Waals surface area contributed by atoms with E-state index in [-0.39, 0.29) is 0 Å². The Balaban J connectivity index is 2.54. The third-order valence-electron chi connectivity index (χ3n) is 3.18. The second-order valence-corrected chi connectivity index (χ2v) is 4.85. The summed E-state index contributed by atoms with van der Waals surface area (Å²) in [5.41, 5.74) is 7.17. The highest BCUT2D eigenvalue weighted by molar-refractivity contribution is 6.30. The fourth-order valence-corrected chi connectivity index (χ4v) is 2.15. The molecular formula is C14H23ClN2. The summed E-state index contributed by atoms with van der Waals surface area (Å²) in [6, 6.07) is 8.07. The molecule has 0 aliphatic rings. The molecular weight excluding hydrogens is 232 g/mol. The van der Waals surface area contributed by atoms with Gasteiger partial charge < -0.3 is 10.6 Å². The minimum absolute atomic E-state index is 0.524. The topological polar surface area (TPSA) is 29.3 Å². The van der Waals surface area contributed by atoms with Crippen molar-refractivity contribution in [2.75, 3.05) is 26.2 Å². The highest BCUT2D eigenvalue weighted by Crippen LogP contribution is 2.13. The smallest absolute Gasteiger partial charge is 0.0406 e. The van der Waals surface area contributed by atoms with E-state index in [4.69, 9.17) is 17.3 Å². The van der Waals surface area contributed by atoms with Gasteiger partial charge in [0.15, 0.2) is 0 Å². The van der Waals surface area contributed by atoms with Crippen LogP contribution in [-0.4, -0.2) is 31.1 Å². The van der Waals surface area contributed by atoms with E-state index in [0.717, 1.165) is 37.6 Å². The summed E-state index contributed by atoms with van der Waals surface area (Å²) < 4.78 is 0. The van der Waals surface area contributed by atoms with Crippen LogP contribution in [0.4, 0.5) is 0 Å². The Bertz CT molecular complexity index is 307. The van der Waals surface area contributed by atoms with Crippen molar-refractivity contribution >= 4 is 11.6 Å². The third-order valence-corrected chi connectivity index (χ3v) is 3.43. The van der Waals surface area contributed by atoms with Gasteiger partial charge in [-0.05, 0) is 49.7 Å². The maximum absolute atomic E-state index is 5.88. The first-order valence-electron chi connectivity index (χ1n) is 6.36. The molecule has 17 heavy (non-hydrogen) atoms. The lowest BCUT2D eigenvalue weighted by Gasteiger charge is -2.24. The van der Waals surface area contributed by atoms with E-state index < -0.39 is 0 Å². The largest absolute Gasteiger partial charge is 0.330 e. The second kappa shape index (κ2) is 7.70. The van der Waals surface area contributed by atoms with Crippen LogP contribution >= 0.6 is 11.6 Å². The molecule has 0 saturated carbocycles. The minimum atomic E-state index is 0.524. The maximum atomic E-state index is 5.88. The van der Waals surface area contributed by atoms with Crippen LogP contribution in [0.1, 0.15) is 19.4 Å². The molecule has 0 heterocycles. The number of hydrogen-bond donors (Lipinski definition) is 1. The molecule has 0 bridgehead atoms. The Labute approximate surface area is 110 Å². The Hall–Kier alpha value is -0.570. The van der Waals surface area contributed by atoms with Crippen LogP contribution in [0, 0.1) is 5.92 Å². The standard InChI is InChI=1S/C14H23ClN2/c1-3-17(4-2)11-13(10-16)9-12-5-7-14(15)8-6-12/h5-8,13H,3-4,9-11,16H2,1-2H3. The number of hydrogen-bond acceptors (Lipinski definition) is 2. The van der Waals surface area contributed by atoms with Gasteiger partial charge in [0.2, 0.25) is 0 Å². The maximum Gasteiger partial charge on any atom is 0.0406 e. The molecule has 2 N–H and O–H groups in total.